The molecular formula is C12H22N2O2. The number of hydrogen-bond donors (Lipinski definition) is 1. The van der Waals surface area contributed by atoms with E-state index in [1.54, 1.807) is 7.11 Å². The van der Waals surface area contributed by atoms with Gasteiger partial charge < -0.3 is 10.1 Å². The lowest BCUT2D eigenvalue weighted by Crippen LogP contribution is -2.48. The van der Waals surface area contributed by atoms with Crippen LogP contribution in [0.3, 0.4) is 0 Å². The first-order valence-corrected chi connectivity index (χ1v) is 6.31. The standard InChI is InChI=1S/C12H22N2O2/c1-16-9-12(15)11-3-2-8-14(11)10-4-6-13-7-5-10/h10-11,13H,2-9H2,1H3. The Bertz CT molecular complexity index is 239. The van der Waals surface area contributed by atoms with E-state index in [1.165, 1.54) is 12.8 Å². The molecule has 1 atom stereocenters. The minimum Gasteiger partial charge on any atom is -0.377 e. The summed E-state index contributed by atoms with van der Waals surface area (Å²) in [6.07, 6.45) is 4.53. The van der Waals surface area contributed by atoms with E-state index < -0.39 is 0 Å². The van der Waals surface area contributed by atoms with Crippen LogP contribution < -0.4 is 5.32 Å². The second kappa shape index (κ2) is 5.75. The van der Waals surface area contributed by atoms with E-state index in [4.69, 9.17) is 4.74 Å². The van der Waals surface area contributed by atoms with Crippen LogP contribution in [-0.2, 0) is 9.53 Å². The Hall–Kier alpha value is -0.450. The van der Waals surface area contributed by atoms with Crippen LogP contribution in [0.15, 0.2) is 0 Å². The lowest BCUT2D eigenvalue weighted by molar-refractivity contribution is -0.127. The van der Waals surface area contributed by atoms with Crippen molar-refractivity contribution in [2.75, 3.05) is 33.4 Å². The molecule has 16 heavy (non-hydrogen) atoms. The lowest BCUT2D eigenvalue weighted by atomic mass is 10.0. The second-order valence-corrected chi connectivity index (χ2v) is 4.78. The molecule has 2 aliphatic heterocycles. The molecule has 1 N–H and O–H groups in total. The van der Waals surface area contributed by atoms with Gasteiger partial charge in [0.05, 0.1) is 6.04 Å². The SMILES string of the molecule is COCC(=O)C1CCCN1C1CCNCC1. The van der Waals surface area contributed by atoms with Crippen LogP contribution >= 0.6 is 0 Å². The van der Waals surface area contributed by atoms with Gasteiger partial charge in [-0.3, -0.25) is 9.69 Å². The van der Waals surface area contributed by atoms with E-state index in [0.717, 1.165) is 32.5 Å². The number of ether oxygens (including phenoxy) is 1. The van der Waals surface area contributed by atoms with Crippen LogP contribution in [0.5, 0.6) is 0 Å². The van der Waals surface area contributed by atoms with Gasteiger partial charge in [-0.2, -0.15) is 0 Å². The van der Waals surface area contributed by atoms with Crippen LogP contribution in [0.2, 0.25) is 0 Å². The minimum atomic E-state index is 0.128. The second-order valence-electron chi connectivity index (χ2n) is 4.78. The maximum absolute atomic E-state index is 11.9. The molecule has 1 unspecified atom stereocenters. The van der Waals surface area contributed by atoms with E-state index in [1.807, 2.05) is 0 Å². The molecule has 92 valence electrons. The first-order chi connectivity index (χ1) is 7.83. The van der Waals surface area contributed by atoms with E-state index in [-0.39, 0.29) is 18.4 Å². The fourth-order valence-corrected chi connectivity index (χ4v) is 2.95. The Labute approximate surface area is 97.3 Å². The van der Waals surface area contributed by atoms with Crippen LogP contribution in [-0.4, -0.2) is 56.1 Å². The zero-order valence-corrected chi connectivity index (χ0v) is 10.1. The summed E-state index contributed by atoms with van der Waals surface area (Å²) in [6.45, 7) is 3.54. The van der Waals surface area contributed by atoms with Crippen molar-refractivity contribution >= 4 is 5.78 Å². The third-order valence-electron chi connectivity index (χ3n) is 3.73. The Kier molecular flexibility index (Phi) is 4.32. The number of Topliss-reactive ketones (excluding diaryl/α,β-unsaturated/α-hetero) is 1. The average molecular weight is 226 g/mol. The molecule has 2 rings (SSSR count). The van der Waals surface area contributed by atoms with Crippen molar-refractivity contribution < 1.29 is 9.53 Å². The van der Waals surface area contributed by atoms with Gasteiger partial charge in [-0.25, -0.2) is 0 Å². The predicted octanol–water partition coefficient (Wildman–Crippen LogP) is 0.418. The monoisotopic (exact) mass is 226 g/mol. The highest BCUT2D eigenvalue weighted by Crippen LogP contribution is 2.24. The lowest BCUT2D eigenvalue weighted by Gasteiger charge is -2.35. The summed E-state index contributed by atoms with van der Waals surface area (Å²) in [6, 6.07) is 0.734. The summed E-state index contributed by atoms with van der Waals surface area (Å²) < 4.78 is 4.96. The highest BCUT2D eigenvalue weighted by Gasteiger charge is 2.35. The number of likely N-dealkylation sites (tertiary alicyclic amines) is 1. The van der Waals surface area contributed by atoms with Crippen molar-refractivity contribution in [2.45, 2.75) is 37.8 Å². The number of methoxy groups -OCH3 is 1. The summed E-state index contributed by atoms with van der Waals surface area (Å²) >= 11 is 0. The van der Waals surface area contributed by atoms with Gasteiger partial charge >= 0.3 is 0 Å². The zero-order valence-electron chi connectivity index (χ0n) is 10.1. The maximum Gasteiger partial charge on any atom is 0.175 e. The van der Waals surface area contributed by atoms with Gasteiger partial charge in [-0.05, 0) is 45.3 Å². The fourth-order valence-electron chi connectivity index (χ4n) is 2.95. The number of carbonyl (C=O) groups excluding carboxylic acids is 1. The molecule has 0 saturated carbocycles. The van der Waals surface area contributed by atoms with Gasteiger partial charge in [-0.15, -0.1) is 0 Å². The van der Waals surface area contributed by atoms with Crippen molar-refractivity contribution in [2.24, 2.45) is 0 Å². The number of rotatable bonds is 4. The van der Waals surface area contributed by atoms with Gasteiger partial charge in [0.1, 0.15) is 6.61 Å². The summed E-state index contributed by atoms with van der Waals surface area (Å²) in [7, 11) is 1.60. The molecule has 2 aliphatic rings. The van der Waals surface area contributed by atoms with Crippen LogP contribution in [0, 0.1) is 0 Å². The highest BCUT2D eigenvalue weighted by atomic mass is 16.5. The first kappa shape index (κ1) is 12.0. The topological polar surface area (TPSA) is 41.6 Å². The average Bonchev–Trinajstić information content (AvgIpc) is 2.79. The largest absolute Gasteiger partial charge is 0.377 e. The zero-order chi connectivity index (χ0) is 11.4. The molecule has 2 fully saturated rings. The Morgan fingerprint density at radius 2 is 2.12 bits per heavy atom. The quantitative estimate of drug-likeness (QED) is 0.754. The van der Waals surface area contributed by atoms with Crippen molar-refractivity contribution in [1.29, 1.82) is 0 Å². The summed E-state index contributed by atoms with van der Waals surface area (Å²) in [4.78, 5) is 14.3. The summed E-state index contributed by atoms with van der Waals surface area (Å²) in [5, 5.41) is 3.37. The molecule has 0 aliphatic carbocycles. The van der Waals surface area contributed by atoms with Crippen LogP contribution in [0.4, 0.5) is 0 Å². The third-order valence-corrected chi connectivity index (χ3v) is 3.73. The number of nitrogens with zero attached hydrogens (tertiary/aromatic N) is 1. The van der Waals surface area contributed by atoms with Crippen LogP contribution in [0.1, 0.15) is 25.7 Å². The molecular weight excluding hydrogens is 204 g/mol. The molecule has 4 heteroatoms. The summed E-state index contributed by atoms with van der Waals surface area (Å²) in [5.41, 5.74) is 0. The van der Waals surface area contributed by atoms with Crippen molar-refractivity contribution in [3.05, 3.63) is 0 Å². The third kappa shape index (κ3) is 2.62. The van der Waals surface area contributed by atoms with Crippen LogP contribution in [0.25, 0.3) is 0 Å². The molecule has 4 nitrogen and oxygen atoms in total. The van der Waals surface area contributed by atoms with Gasteiger partial charge in [0.25, 0.3) is 0 Å². The molecule has 2 heterocycles. The summed E-state index contributed by atoms with van der Waals surface area (Å²) in [5.74, 6) is 0.263. The van der Waals surface area contributed by atoms with Gasteiger partial charge in [-0.1, -0.05) is 0 Å². The van der Waals surface area contributed by atoms with Crippen molar-refractivity contribution in [3.63, 3.8) is 0 Å². The number of piperidine rings is 1. The normalized spacial score (nSPS) is 28.4. The Morgan fingerprint density at radius 3 is 2.81 bits per heavy atom. The molecule has 0 aromatic heterocycles. The predicted molar refractivity (Wildman–Crippen MR) is 62.5 cm³/mol. The van der Waals surface area contributed by atoms with E-state index in [2.05, 4.69) is 10.2 Å². The number of carbonyl (C=O) groups is 1. The first-order valence-electron chi connectivity index (χ1n) is 6.31. The van der Waals surface area contributed by atoms with E-state index in [9.17, 15) is 4.79 Å². The minimum absolute atomic E-state index is 0.128. The number of ketones is 1. The molecule has 0 aromatic carbocycles. The smallest absolute Gasteiger partial charge is 0.175 e. The molecule has 0 spiro atoms. The Balaban J connectivity index is 1.93. The van der Waals surface area contributed by atoms with E-state index in [0.29, 0.717) is 6.04 Å². The Morgan fingerprint density at radius 1 is 1.38 bits per heavy atom. The molecule has 0 radical (unpaired) electrons. The van der Waals surface area contributed by atoms with Gasteiger partial charge in [0.2, 0.25) is 0 Å². The molecule has 2 saturated heterocycles. The van der Waals surface area contributed by atoms with E-state index >= 15 is 0 Å². The molecule has 0 aromatic rings. The van der Waals surface area contributed by atoms with Gasteiger partial charge in [0.15, 0.2) is 5.78 Å². The number of hydrogen-bond acceptors (Lipinski definition) is 4. The maximum atomic E-state index is 11.9. The molecule has 0 bridgehead atoms. The fraction of sp³-hybridized carbons (Fsp3) is 0.917. The highest BCUT2D eigenvalue weighted by molar-refractivity contribution is 5.85. The molecule has 0 amide bonds. The van der Waals surface area contributed by atoms with Crippen molar-refractivity contribution in [1.82, 2.24) is 10.2 Å². The van der Waals surface area contributed by atoms with Gasteiger partial charge in [0, 0.05) is 13.2 Å². The number of nitrogens with one attached hydrogen (secondary N) is 1. The van der Waals surface area contributed by atoms with Crippen molar-refractivity contribution in [3.8, 4) is 0 Å².